The van der Waals surface area contributed by atoms with Gasteiger partial charge in [0, 0.05) is 60.8 Å². The molecule has 12 nitrogen and oxygen atoms in total. The summed E-state index contributed by atoms with van der Waals surface area (Å²) in [6.07, 6.45) is 3.27. The van der Waals surface area contributed by atoms with Crippen LogP contribution in [0.25, 0.3) is 11.1 Å². The third kappa shape index (κ3) is 9.95. The number of aromatic nitrogens is 1. The Labute approximate surface area is 294 Å². The van der Waals surface area contributed by atoms with Gasteiger partial charge in [0.25, 0.3) is 11.8 Å². The van der Waals surface area contributed by atoms with Crippen LogP contribution in [-0.2, 0) is 30.5 Å². The number of halogens is 2. The van der Waals surface area contributed by atoms with E-state index in [1.165, 1.54) is 4.90 Å². The molecule has 2 heterocycles. The highest BCUT2D eigenvalue weighted by Crippen LogP contribution is 2.41. The zero-order chi connectivity index (χ0) is 37.5. The van der Waals surface area contributed by atoms with Crippen LogP contribution in [0.4, 0.5) is 8.78 Å². The highest BCUT2D eigenvalue weighted by molar-refractivity contribution is 6.12. The first-order valence-corrected chi connectivity index (χ1v) is 16.5. The number of benzene rings is 2. The van der Waals surface area contributed by atoms with Crippen molar-refractivity contribution in [2.75, 3.05) is 19.7 Å². The van der Waals surface area contributed by atoms with Crippen LogP contribution in [0.15, 0.2) is 72.9 Å². The minimum atomic E-state index is -1.22. The molecule has 272 valence electrons. The molecule has 0 bridgehead atoms. The minimum Gasteiger partial charge on any atom is -0.481 e. The van der Waals surface area contributed by atoms with Crippen LogP contribution in [0.5, 0.6) is 0 Å². The van der Waals surface area contributed by atoms with Gasteiger partial charge in [0.15, 0.2) is 0 Å². The van der Waals surface area contributed by atoms with Crippen LogP contribution in [-0.4, -0.2) is 86.0 Å². The molecule has 0 fully saturated rings. The third-order valence-corrected chi connectivity index (χ3v) is 8.62. The summed E-state index contributed by atoms with van der Waals surface area (Å²) in [6.45, 7) is 4.88. The molecule has 3 aromatic rings. The van der Waals surface area contributed by atoms with Crippen molar-refractivity contribution >= 4 is 29.6 Å². The second-order valence-corrected chi connectivity index (χ2v) is 13.6. The Morgan fingerprint density at radius 1 is 0.980 bits per heavy atom. The van der Waals surface area contributed by atoms with Crippen LogP contribution < -0.4 is 11.1 Å². The van der Waals surface area contributed by atoms with E-state index in [9.17, 15) is 38.6 Å². The van der Waals surface area contributed by atoms with Crippen LogP contribution in [0.3, 0.4) is 0 Å². The fourth-order valence-corrected chi connectivity index (χ4v) is 6.19. The SMILES string of the molecule is CC(C)(C)[C@H](c1cc(-c2cc(F)ccc2F)cn1Cc1ccccc1)N(CC[C@H](N)C(=O)NC(CCN1C(=O)C=CC1=O)CC(=O)O)C(=O)CO. The lowest BCUT2D eigenvalue weighted by Crippen LogP contribution is -2.50. The number of nitrogens with one attached hydrogen (secondary N) is 1. The monoisotopic (exact) mass is 707 g/mol. The number of carboxylic acids is 1. The Morgan fingerprint density at radius 2 is 1.65 bits per heavy atom. The number of hydrogen-bond acceptors (Lipinski definition) is 7. The quantitative estimate of drug-likeness (QED) is 0.164. The van der Waals surface area contributed by atoms with Crippen molar-refractivity contribution in [1.29, 1.82) is 0 Å². The van der Waals surface area contributed by atoms with Crippen molar-refractivity contribution in [1.82, 2.24) is 19.7 Å². The third-order valence-electron chi connectivity index (χ3n) is 8.62. The molecule has 0 saturated carbocycles. The molecule has 4 rings (SSSR count). The number of aliphatic hydroxyl groups is 1. The molecule has 4 amide bonds. The number of amides is 4. The molecule has 14 heteroatoms. The van der Waals surface area contributed by atoms with Crippen molar-refractivity contribution in [3.8, 4) is 11.1 Å². The van der Waals surface area contributed by atoms with Gasteiger partial charge < -0.3 is 30.7 Å². The normalized spacial score (nSPS) is 14.8. The van der Waals surface area contributed by atoms with Gasteiger partial charge in [-0.25, -0.2) is 8.78 Å². The molecule has 1 aliphatic rings. The molecular weight excluding hydrogens is 664 g/mol. The van der Waals surface area contributed by atoms with Crippen molar-refractivity contribution < 1.29 is 43.0 Å². The molecule has 1 aliphatic heterocycles. The Balaban J connectivity index is 1.61. The molecule has 1 aromatic heterocycles. The number of rotatable bonds is 16. The van der Waals surface area contributed by atoms with Gasteiger partial charge >= 0.3 is 5.97 Å². The van der Waals surface area contributed by atoms with Gasteiger partial charge in [0.05, 0.1) is 18.5 Å². The number of carboxylic acid groups (broad SMARTS) is 1. The Kier molecular flexibility index (Phi) is 12.6. The first-order chi connectivity index (χ1) is 24.1. The van der Waals surface area contributed by atoms with E-state index < -0.39 is 77.8 Å². The van der Waals surface area contributed by atoms with Gasteiger partial charge in [-0.15, -0.1) is 0 Å². The van der Waals surface area contributed by atoms with Crippen molar-refractivity contribution in [3.05, 3.63) is 95.8 Å². The first-order valence-electron chi connectivity index (χ1n) is 16.5. The van der Waals surface area contributed by atoms with Crippen LogP contribution >= 0.6 is 0 Å². The van der Waals surface area contributed by atoms with Gasteiger partial charge in [-0.1, -0.05) is 51.1 Å². The van der Waals surface area contributed by atoms with Gasteiger partial charge in [-0.05, 0) is 48.1 Å². The lowest BCUT2D eigenvalue weighted by atomic mass is 9.82. The Morgan fingerprint density at radius 3 is 2.25 bits per heavy atom. The molecule has 0 spiro atoms. The topological polar surface area (TPSA) is 175 Å². The lowest BCUT2D eigenvalue weighted by molar-refractivity contribution is -0.140. The fourth-order valence-electron chi connectivity index (χ4n) is 6.19. The lowest BCUT2D eigenvalue weighted by Gasteiger charge is -2.41. The standard InChI is InChI=1S/C37H43F2N5O7/c1-37(2,3)35(30-17-24(27-18-25(38)9-10-28(27)39)21-42(30)20-23-7-5-4-6-8-23)44(33(48)22-45)16-14-29(40)36(51)41-26(19-34(49)50)13-15-43-31(46)11-12-32(43)47/h4-12,17-18,21,26,29,35,45H,13-16,19-20,22,40H2,1-3H3,(H,41,51)(H,49,50)/t26?,29-,35-/m0/s1. The summed E-state index contributed by atoms with van der Waals surface area (Å²) in [5.74, 6) is -4.92. The molecule has 2 aromatic carbocycles. The highest BCUT2D eigenvalue weighted by atomic mass is 19.1. The smallest absolute Gasteiger partial charge is 0.305 e. The van der Waals surface area contributed by atoms with Crippen molar-refractivity contribution in [2.45, 2.75) is 64.7 Å². The molecule has 3 atom stereocenters. The number of carbonyl (C=O) groups excluding carboxylic acids is 4. The van der Waals surface area contributed by atoms with E-state index in [4.69, 9.17) is 5.73 Å². The minimum absolute atomic E-state index is 0.0279. The summed E-state index contributed by atoms with van der Waals surface area (Å²) in [6, 6.07) is 11.3. The van der Waals surface area contributed by atoms with Gasteiger partial charge in [0.2, 0.25) is 11.8 Å². The summed E-state index contributed by atoms with van der Waals surface area (Å²) in [5.41, 5.74) is 7.43. The predicted octanol–water partition coefficient (Wildman–Crippen LogP) is 3.38. The number of nitrogens with two attached hydrogens (primary N) is 1. The van der Waals surface area contributed by atoms with Gasteiger partial charge in [0.1, 0.15) is 18.2 Å². The number of hydrogen-bond donors (Lipinski definition) is 4. The van der Waals surface area contributed by atoms with Crippen LogP contribution in [0.2, 0.25) is 0 Å². The molecule has 5 N–H and O–H groups in total. The number of aliphatic carboxylic acids is 1. The zero-order valence-electron chi connectivity index (χ0n) is 28.7. The average molecular weight is 708 g/mol. The highest BCUT2D eigenvalue weighted by Gasteiger charge is 2.37. The second kappa shape index (κ2) is 16.7. The van der Waals surface area contributed by atoms with E-state index in [1.807, 2.05) is 55.7 Å². The maximum Gasteiger partial charge on any atom is 0.305 e. The summed E-state index contributed by atoms with van der Waals surface area (Å²) in [5, 5.41) is 22.1. The predicted molar refractivity (Wildman–Crippen MR) is 184 cm³/mol. The summed E-state index contributed by atoms with van der Waals surface area (Å²) in [4.78, 5) is 64.4. The summed E-state index contributed by atoms with van der Waals surface area (Å²) >= 11 is 0. The average Bonchev–Trinajstić information content (AvgIpc) is 3.62. The van der Waals surface area contributed by atoms with E-state index in [2.05, 4.69) is 5.32 Å². The second-order valence-electron chi connectivity index (χ2n) is 13.6. The van der Waals surface area contributed by atoms with Gasteiger partial charge in [-0.2, -0.15) is 0 Å². The largest absolute Gasteiger partial charge is 0.481 e. The zero-order valence-corrected chi connectivity index (χ0v) is 28.7. The number of nitrogens with zero attached hydrogens (tertiary/aromatic N) is 3. The molecular formula is C37H43F2N5O7. The van der Waals surface area contributed by atoms with E-state index in [0.717, 1.165) is 40.8 Å². The number of carbonyl (C=O) groups is 5. The summed E-state index contributed by atoms with van der Waals surface area (Å²) < 4.78 is 31.1. The fraction of sp³-hybridized carbons (Fsp3) is 0.378. The van der Waals surface area contributed by atoms with E-state index >= 15 is 4.39 Å². The maximum atomic E-state index is 15.0. The van der Waals surface area contributed by atoms with Crippen molar-refractivity contribution in [2.24, 2.45) is 11.1 Å². The molecule has 0 radical (unpaired) electrons. The summed E-state index contributed by atoms with van der Waals surface area (Å²) in [7, 11) is 0. The molecule has 0 saturated heterocycles. The molecule has 1 unspecified atom stereocenters. The Bertz CT molecular complexity index is 1770. The first kappa shape index (κ1) is 38.6. The van der Waals surface area contributed by atoms with E-state index in [-0.39, 0.29) is 31.5 Å². The van der Waals surface area contributed by atoms with E-state index in [1.54, 1.807) is 12.3 Å². The molecule has 0 aliphatic carbocycles. The molecule has 51 heavy (non-hydrogen) atoms. The maximum absolute atomic E-state index is 15.0. The Hall–Kier alpha value is -5.21. The number of aliphatic hydroxyl groups excluding tert-OH is 1. The van der Waals surface area contributed by atoms with E-state index in [0.29, 0.717) is 17.8 Å². The van der Waals surface area contributed by atoms with Crippen LogP contribution in [0, 0.1) is 17.0 Å². The van der Waals surface area contributed by atoms with Crippen LogP contribution in [0.1, 0.15) is 57.3 Å². The number of imide groups is 1. The van der Waals surface area contributed by atoms with Crippen molar-refractivity contribution in [3.63, 3.8) is 0 Å². The van der Waals surface area contributed by atoms with Gasteiger partial charge in [-0.3, -0.25) is 28.9 Å².